The number of rotatable bonds is 3. The van der Waals surface area contributed by atoms with E-state index in [1.54, 1.807) is 5.56 Å². The zero-order valence-corrected chi connectivity index (χ0v) is 11.5. The normalized spacial score (nSPS) is 30.1. The van der Waals surface area contributed by atoms with Gasteiger partial charge in [0.05, 0.1) is 0 Å². The molecule has 2 aliphatic rings. The first-order chi connectivity index (χ1) is 8.88. The predicted octanol–water partition coefficient (Wildman–Crippen LogP) is 4.05. The molecule has 0 bridgehead atoms. The zero-order valence-electron chi connectivity index (χ0n) is 11.5. The molecule has 1 nitrogen and oxygen atoms in total. The molecule has 2 atom stereocenters. The van der Waals surface area contributed by atoms with Crippen LogP contribution < -0.4 is 0 Å². The van der Waals surface area contributed by atoms with Gasteiger partial charge >= 0.3 is 0 Å². The Balaban J connectivity index is 1.69. The fourth-order valence-electron chi connectivity index (χ4n) is 3.70. The van der Waals surface area contributed by atoms with Crippen molar-refractivity contribution >= 4 is 0 Å². The molecule has 1 saturated heterocycles. The molecule has 0 unspecified atom stereocenters. The second-order valence-electron chi connectivity index (χ2n) is 6.05. The number of likely N-dealkylation sites (tertiary alicyclic amines) is 1. The van der Waals surface area contributed by atoms with E-state index in [4.69, 9.17) is 0 Å². The highest BCUT2D eigenvalue weighted by atomic mass is 15.2. The average Bonchev–Trinajstić information content (AvgIpc) is 2.37. The van der Waals surface area contributed by atoms with E-state index in [2.05, 4.69) is 42.2 Å². The van der Waals surface area contributed by atoms with Gasteiger partial charge in [-0.25, -0.2) is 0 Å². The second kappa shape index (κ2) is 5.44. The van der Waals surface area contributed by atoms with Crippen LogP contribution >= 0.6 is 0 Å². The van der Waals surface area contributed by atoms with E-state index >= 15 is 0 Å². The Kier molecular flexibility index (Phi) is 3.69. The topological polar surface area (TPSA) is 3.24 Å². The maximum atomic E-state index is 2.77. The van der Waals surface area contributed by atoms with Crippen LogP contribution in [0.3, 0.4) is 0 Å². The summed E-state index contributed by atoms with van der Waals surface area (Å²) in [5.41, 5.74) is 1.57. The third kappa shape index (κ3) is 2.33. The fraction of sp³-hybridized carbons (Fsp3) is 0.647. The van der Waals surface area contributed by atoms with Crippen molar-refractivity contribution < 1.29 is 0 Å². The highest BCUT2D eigenvalue weighted by Crippen LogP contribution is 2.37. The van der Waals surface area contributed by atoms with Gasteiger partial charge in [-0.1, -0.05) is 50.1 Å². The predicted molar refractivity (Wildman–Crippen MR) is 76.8 cm³/mol. The lowest BCUT2D eigenvalue weighted by Gasteiger charge is -2.45. The maximum Gasteiger partial charge on any atom is 0.00954 e. The van der Waals surface area contributed by atoms with Gasteiger partial charge in [-0.15, -0.1) is 0 Å². The summed E-state index contributed by atoms with van der Waals surface area (Å²) in [5.74, 6) is 1.66. The van der Waals surface area contributed by atoms with Crippen molar-refractivity contribution in [1.82, 2.24) is 4.90 Å². The van der Waals surface area contributed by atoms with Crippen LogP contribution in [0.25, 0.3) is 0 Å². The van der Waals surface area contributed by atoms with Crippen molar-refractivity contribution in [3.63, 3.8) is 0 Å². The van der Waals surface area contributed by atoms with E-state index in [0.29, 0.717) is 0 Å². The van der Waals surface area contributed by atoms with Gasteiger partial charge in [-0.3, -0.25) is 0 Å². The molecule has 1 heterocycles. The fourth-order valence-corrected chi connectivity index (χ4v) is 3.70. The summed E-state index contributed by atoms with van der Waals surface area (Å²) in [7, 11) is 0. The van der Waals surface area contributed by atoms with Crippen LogP contribution in [0.2, 0.25) is 0 Å². The molecule has 1 heteroatoms. The Morgan fingerprint density at radius 3 is 2.50 bits per heavy atom. The molecule has 0 aromatic heterocycles. The lowest BCUT2D eigenvalue weighted by atomic mass is 9.77. The Hall–Kier alpha value is -0.820. The molecule has 0 amide bonds. The van der Waals surface area contributed by atoms with Crippen LogP contribution in [0.4, 0.5) is 0 Å². The molecular formula is C17H25N. The molecule has 3 rings (SSSR count). The smallest absolute Gasteiger partial charge is 0.00954 e. The largest absolute Gasteiger partial charge is 0.300 e. The second-order valence-corrected chi connectivity index (χ2v) is 6.05. The van der Waals surface area contributed by atoms with Gasteiger partial charge in [0.25, 0.3) is 0 Å². The van der Waals surface area contributed by atoms with Gasteiger partial charge < -0.3 is 4.90 Å². The van der Waals surface area contributed by atoms with E-state index in [1.165, 1.54) is 45.2 Å². The van der Waals surface area contributed by atoms with E-state index in [-0.39, 0.29) is 0 Å². The van der Waals surface area contributed by atoms with Crippen LogP contribution in [-0.4, -0.2) is 24.0 Å². The maximum absolute atomic E-state index is 2.77. The van der Waals surface area contributed by atoms with Gasteiger partial charge in [0.1, 0.15) is 0 Å². The summed E-state index contributed by atoms with van der Waals surface area (Å²) >= 11 is 0. The molecule has 1 aromatic carbocycles. The third-order valence-electron chi connectivity index (χ3n) is 5.11. The molecular weight excluding hydrogens is 218 g/mol. The summed E-state index contributed by atoms with van der Waals surface area (Å²) < 4.78 is 0. The molecule has 1 aliphatic heterocycles. The molecule has 0 spiro atoms. The summed E-state index contributed by atoms with van der Waals surface area (Å²) in [5, 5.41) is 0. The Bertz CT molecular complexity index is 368. The van der Waals surface area contributed by atoms with E-state index in [0.717, 1.165) is 17.9 Å². The molecule has 18 heavy (non-hydrogen) atoms. The molecule has 0 radical (unpaired) electrons. The number of hydrogen-bond donors (Lipinski definition) is 0. The van der Waals surface area contributed by atoms with Crippen molar-refractivity contribution in [3.05, 3.63) is 35.9 Å². The van der Waals surface area contributed by atoms with Crippen LogP contribution in [0, 0.1) is 5.92 Å². The number of nitrogens with zero attached hydrogens (tertiary/aromatic N) is 1. The first-order valence-corrected chi connectivity index (χ1v) is 7.67. The minimum absolute atomic E-state index is 0.799. The number of hydrogen-bond acceptors (Lipinski definition) is 1. The van der Waals surface area contributed by atoms with Crippen molar-refractivity contribution in [2.45, 2.75) is 51.0 Å². The van der Waals surface area contributed by atoms with Crippen LogP contribution in [0.15, 0.2) is 30.3 Å². The molecule has 98 valence electrons. The van der Waals surface area contributed by atoms with E-state index < -0.39 is 0 Å². The van der Waals surface area contributed by atoms with Crippen LogP contribution in [0.5, 0.6) is 0 Å². The summed E-state index contributed by atoms with van der Waals surface area (Å²) in [6.07, 6.45) is 7.04. The minimum atomic E-state index is 0.799. The highest BCUT2D eigenvalue weighted by molar-refractivity contribution is 5.21. The molecule has 1 aliphatic carbocycles. The Labute approximate surface area is 111 Å². The third-order valence-corrected chi connectivity index (χ3v) is 5.11. The SMILES string of the molecule is CC[C@@H]1CN(C2CCC2)CC[C@@H]1c1ccccc1. The summed E-state index contributed by atoms with van der Waals surface area (Å²) in [4.78, 5) is 2.77. The van der Waals surface area contributed by atoms with Crippen molar-refractivity contribution in [2.75, 3.05) is 13.1 Å². The highest BCUT2D eigenvalue weighted by Gasteiger charge is 2.34. The Morgan fingerprint density at radius 2 is 1.89 bits per heavy atom. The first-order valence-electron chi connectivity index (χ1n) is 7.67. The van der Waals surface area contributed by atoms with Gasteiger partial charge in [-0.05, 0) is 43.2 Å². The molecule has 2 fully saturated rings. The standard InChI is InChI=1S/C17H25N/c1-2-14-13-18(16-9-6-10-16)12-11-17(14)15-7-4-3-5-8-15/h3-5,7-8,14,16-17H,2,6,9-13H2,1H3/t14-,17+/m1/s1. The van der Waals surface area contributed by atoms with Gasteiger partial charge in [-0.2, -0.15) is 0 Å². The quantitative estimate of drug-likeness (QED) is 0.774. The van der Waals surface area contributed by atoms with Crippen molar-refractivity contribution in [3.8, 4) is 0 Å². The van der Waals surface area contributed by atoms with Crippen molar-refractivity contribution in [2.24, 2.45) is 5.92 Å². The van der Waals surface area contributed by atoms with E-state index in [9.17, 15) is 0 Å². The Morgan fingerprint density at radius 1 is 1.11 bits per heavy atom. The number of benzene rings is 1. The van der Waals surface area contributed by atoms with Crippen LogP contribution in [-0.2, 0) is 0 Å². The zero-order chi connectivity index (χ0) is 12.4. The summed E-state index contributed by atoms with van der Waals surface area (Å²) in [6, 6.07) is 12.1. The van der Waals surface area contributed by atoms with Crippen molar-refractivity contribution in [1.29, 1.82) is 0 Å². The molecule has 1 aromatic rings. The van der Waals surface area contributed by atoms with Gasteiger partial charge in [0.2, 0.25) is 0 Å². The minimum Gasteiger partial charge on any atom is -0.300 e. The first kappa shape index (κ1) is 12.2. The van der Waals surface area contributed by atoms with Gasteiger partial charge in [0.15, 0.2) is 0 Å². The lowest BCUT2D eigenvalue weighted by molar-refractivity contribution is 0.0647. The number of piperidine rings is 1. The van der Waals surface area contributed by atoms with Gasteiger partial charge in [0, 0.05) is 12.6 Å². The molecule has 0 N–H and O–H groups in total. The lowest BCUT2D eigenvalue weighted by Crippen LogP contribution is -2.47. The monoisotopic (exact) mass is 243 g/mol. The van der Waals surface area contributed by atoms with Crippen LogP contribution in [0.1, 0.15) is 50.5 Å². The molecule has 1 saturated carbocycles. The van der Waals surface area contributed by atoms with E-state index in [1.807, 2.05) is 0 Å². The average molecular weight is 243 g/mol. The summed E-state index contributed by atoms with van der Waals surface area (Å²) in [6.45, 7) is 5.02.